The highest BCUT2D eigenvalue weighted by Crippen LogP contribution is 2.37. The monoisotopic (exact) mass is 406 g/mol. The fraction of sp³-hybridized carbons (Fsp3) is 0.238. The molecule has 1 aliphatic rings. The number of aryl methyl sites for hydroxylation is 1. The number of benzene rings is 2. The van der Waals surface area contributed by atoms with Gasteiger partial charge in [-0.1, -0.05) is 35.9 Å². The number of aromatic amines is 1. The van der Waals surface area contributed by atoms with Crippen molar-refractivity contribution >= 4 is 28.4 Å². The maximum absolute atomic E-state index is 12.8. The Hall–Kier alpha value is -3.19. The molecule has 0 unspecified atom stereocenters. The number of fused-ring (bicyclic) bond motifs is 3. The van der Waals surface area contributed by atoms with E-state index in [1.54, 1.807) is 11.0 Å². The molecule has 0 spiro atoms. The Morgan fingerprint density at radius 2 is 2.10 bits per heavy atom. The Balaban J connectivity index is 1.35. The van der Waals surface area contributed by atoms with Gasteiger partial charge in [0.05, 0.1) is 23.1 Å². The summed E-state index contributed by atoms with van der Waals surface area (Å²) in [5.74, 6) is -0.0819. The number of nitrogens with one attached hydrogen (secondary N) is 2. The van der Waals surface area contributed by atoms with Gasteiger partial charge in [-0.05, 0) is 59.0 Å². The number of para-hydroxylation sites is 1. The zero-order chi connectivity index (χ0) is 19.8. The fourth-order valence-electron chi connectivity index (χ4n) is 4.04. The summed E-state index contributed by atoms with van der Waals surface area (Å²) in [5, 5.41) is 16.2. The van der Waals surface area contributed by atoms with Crippen LogP contribution in [-0.2, 0) is 13.0 Å². The molecule has 29 heavy (non-hydrogen) atoms. The molecule has 0 radical (unpaired) electrons. The van der Waals surface area contributed by atoms with Crippen molar-refractivity contribution in [3.05, 3.63) is 76.2 Å². The number of aromatic nitrogens is 5. The van der Waals surface area contributed by atoms with Crippen LogP contribution < -0.4 is 5.32 Å². The number of amides is 1. The van der Waals surface area contributed by atoms with Crippen LogP contribution in [0.25, 0.3) is 10.9 Å². The lowest BCUT2D eigenvalue weighted by Crippen LogP contribution is -2.31. The third-order valence-electron chi connectivity index (χ3n) is 5.45. The Kier molecular flexibility index (Phi) is 4.52. The van der Waals surface area contributed by atoms with Gasteiger partial charge in [-0.15, -0.1) is 5.10 Å². The molecule has 1 aliphatic carbocycles. The third kappa shape index (κ3) is 3.38. The van der Waals surface area contributed by atoms with Crippen molar-refractivity contribution < 1.29 is 4.79 Å². The number of hydrogen-bond donors (Lipinski definition) is 2. The van der Waals surface area contributed by atoms with Gasteiger partial charge in [0.1, 0.15) is 6.33 Å². The highest BCUT2D eigenvalue weighted by atomic mass is 35.5. The lowest BCUT2D eigenvalue weighted by atomic mass is 9.91. The summed E-state index contributed by atoms with van der Waals surface area (Å²) in [7, 11) is 0. The molecule has 8 heteroatoms. The molecular weight excluding hydrogens is 388 g/mol. The molecule has 4 aromatic rings. The number of rotatable bonds is 4. The van der Waals surface area contributed by atoms with Crippen molar-refractivity contribution in [1.29, 1.82) is 0 Å². The summed E-state index contributed by atoms with van der Waals surface area (Å²) in [5.41, 5.74) is 4.94. The summed E-state index contributed by atoms with van der Waals surface area (Å²) >= 11 is 6.36. The zero-order valence-corrected chi connectivity index (χ0v) is 16.4. The van der Waals surface area contributed by atoms with Crippen LogP contribution in [0.5, 0.6) is 0 Å². The second kappa shape index (κ2) is 7.33. The van der Waals surface area contributed by atoms with Gasteiger partial charge in [-0.2, -0.15) is 0 Å². The normalized spacial score (nSPS) is 16.0. The van der Waals surface area contributed by atoms with Crippen molar-refractivity contribution in [3.8, 4) is 0 Å². The van der Waals surface area contributed by atoms with Crippen molar-refractivity contribution in [1.82, 2.24) is 30.5 Å². The van der Waals surface area contributed by atoms with Gasteiger partial charge in [0.15, 0.2) is 0 Å². The van der Waals surface area contributed by atoms with E-state index in [1.165, 1.54) is 5.56 Å². The Bertz CT molecular complexity index is 1170. The van der Waals surface area contributed by atoms with E-state index in [2.05, 4.69) is 31.9 Å². The van der Waals surface area contributed by atoms with Crippen LogP contribution in [0.1, 0.15) is 46.1 Å². The van der Waals surface area contributed by atoms with Gasteiger partial charge in [0, 0.05) is 16.6 Å². The van der Waals surface area contributed by atoms with E-state index in [4.69, 9.17) is 11.6 Å². The highest BCUT2D eigenvalue weighted by molar-refractivity contribution is 6.35. The van der Waals surface area contributed by atoms with Crippen LogP contribution in [0.4, 0.5) is 0 Å². The van der Waals surface area contributed by atoms with E-state index in [1.807, 2.05) is 36.4 Å². The first-order valence-corrected chi connectivity index (χ1v) is 9.96. The average molecular weight is 407 g/mol. The van der Waals surface area contributed by atoms with E-state index in [9.17, 15) is 4.79 Å². The first-order valence-electron chi connectivity index (χ1n) is 9.58. The summed E-state index contributed by atoms with van der Waals surface area (Å²) < 4.78 is 1.64. The largest absolute Gasteiger partial charge is 0.355 e. The van der Waals surface area contributed by atoms with Crippen LogP contribution >= 0.6 is 11.6 Å². The lowest BCUT2D eigenvalue weighted by molar-refractivity contribution is 0.0932. The maximum Gasteiger partial charge on any atom is 0.251 e. The summed E-state index contributed by atoms with van der Waals surface area (Å²) in [4.78, 5) is 16.3. The second-order valence-corrected chi connectivity index (χ2v) is 7.71. The van der Waals surface area contributed by atoms with E-state index >= 15 is 0 Å². The van der Waals surface area contributed by atoms with Crippen LogP contribution in [0, 0.1) is 0 Å². The molecule has 1 atom stereocenters. The van der Waals surface area contributed by atoms with Gasteiger partial charge in [0.2, 0.25) is 0 Å². The molecule has 2 N–H and O–H groups in total. The average Bonchev–Trinajstić information content (AvgIpc) is 3.38. The number of hydrogen-bond acceptors (Lipinski definition) is 4. The van der Waals surface area contributed by atoms with E-state index in [-0.39, 0.29) is 11.9 Å². The summed E-state index contributed by atoms with van der Waals surface area (Å²) in [6, 6.07) is 13.4. The molecule has 0 fully saturated rings. The minimum Gasteiger partial charge on any atom is -0.355 e. The Labute approximate surface area is 172 Å². The van der Waals surface area contributed by atoms with Crippen LogP contribution in [0.3, 0.4) is 0 Å². The molecule has 2 aromatic carbocycles. The van der Waals surface area contributed by atoms with Crippen LogP contribution in [0.2, 0.25) is 5.02 Å². The third-order valence-corrected chi connectivity index (χ3v) is 5.76. The number of nitrogens with zero attached hydrogens (tertiary/aromatic N) is 4. The highest BCUT2D eigenvalue weighted by Gasteiger charge is 2.26. The van der Waals surface area contributed by atoms with Gasteiger partial charge >= 0.3 is 0 Å². The quantitative estimate of drug-likeness (QED) is 0.541. The maximum atomic E-state index is 12.8. The lowest BCUT2D eigenvalue weighted by Gasteiger charge is -2.24. The first-order chi connectivity index (χ1) is 14.2. The number of halogens is 1. The van der Waals surface area contributed by atoms with Crippen LogP contribution in [0.15, 0.2) is 48.8 Å². The molecule has 0 aliphatic heterocycles. The number of carbonyl (C=O) groups excluding carboxylic acids is 1. The SMILES string of the molecule is O=C(N[C@H]1CCCc2c1[nH]c1c(Cl)cccc21)c1ccc(Cn2cnnn2)cc1. The minimum absolute atomic E-state index is 0.0457. The molecule has 2 aromatic heterocycles. The molecule has 0 bridgehead atoms. The van der Waals surface area contributed by atoms with Gasteiger partial charge in [-0.3, -0.25) is 4.79 Å². The fourth-order valence-corrected chi connectivity index (χ4v) is 4.26. The van der Waals surface area contributed by atoms with E-state index in [0.29, 0.717) is 17.1 Å². The van der Waals surface area contributed by atoms with Gasteiger partial charge in [0.25, 0.3) is 5.91 Å². The second-order valence-electron chi connectivity index (χ2n) is 7.30. The molecule has 0 saturated carbocycles. The standard InChI is InChI=1S/C21H19ClN6O/c22-17-5-1-3-15-16-4-2-6-18(20(16)25-19(15)17)24-21(29)14-9-7-13(8-10-14)11-28-12-23-26-27-28/h1,3,5,7-10,12,18,25H,2,4,6,11H2,(H,24,29)/t18-/m0/s1. The predicted molar refractivity (Wildman–Crippen MR) is 110 cm³/mol. The zero-order valence-electron chi connectivity index (χ0n) is 15.6. The van der Waals surface area contributed by atoms with Crippen molar-refractivity contribution in [2.75, 3.05) is 0 Å². The molecule has 7 nitrogen and oxygen atoms in total. The summed E-state index contributed by atoms with van der Waals surface area (Å²) in [6.07, 6.45) is 4.49. The first kappa shape index (κ1) is 17.9. The Morgan fingerprint density at radius 3 is 2.90 bits per heavy atom. The van der Waals surface area contributed by atoms with Crippen molar-refractivity contribution in [3.63, 3.8) is 0 Å². The number of carbonyl (C=O) groups is 1. The van der Waals surface area contributed by atoms with Crippen LogP contribution in [-0.4, -0.2) is 31.1 Å². The topological polar surface area (TPSA) is 88.5 Å². The molecule has 5 rings (SSSR count). The van der Waals surface area contributed by atoms with Crippen molar-refractivity contribution in [2.24, 2.45) is 0 Å². The minimum atomic E-state index is -0.0819. The van der Waals surface area contributed by atoms with E-state index < -0.39 is 0 Å². The molecule has 2 heterocycles. The summed E-state index contributed by atoms with van der Waals surface area (Å²) in [6.45, 7) is 0.566. The van der Waals surface area contributed by atoms with Gasteiger partial charge in [-0.25, -0.2) is 4.68 Å². The predicted octanol–water partition coefficient (Wildman–Crippen LogP) is 3.66. The molecule has 0 saturated heterocycles. The number of tetrazole rings is 1. The Morgan fingerprint density at radius 1 is 1.24 bits per heavy atom. The molecule has 1 amide bonds. The van der Waals surface area contributed by atoms with Crippen molar-refractivity contribution in [2.45, 2.75) is 31.8 Å². The van der Waals surface area contributed by atoms with E-state index in [0.717, 1.165) is 41.4 Å². The molecule has 146 valence electrons. The smallest absolute Gasteiger partial charge is 0.251 e. The van der Waals surface area contributed by atoms with Gasteiger partial charge < -0.3 is 10.3 Å². The molecular formula is C21H19ClN6O. The number of H-pyrrole nitrogens is 1.